The molecule has 1 aromatic rings. The van der Waals surface area contributed by atoms with Gasteiger partial charge in [0, 0.05) is 51.1 Å². The number of hydrogen-bond donors (Lipinski definition) is 0. The van der Waals surface area contributed by atoms with E-state index in [1.54, 1.807) is 6.07 Å². The topological polar surface area (TPSA) is 39.5 Å². The van der Waals surface area contributed by atoms with Crippen LogP contribution in [0, 0.1) is 11.3 Å². The summed E-state index contributed by atoms with van der Waals surface area (Å²) in [5.41, 5.74) is -0.493. The fraction of sp³-hybridized carbons (Fsp3) is 0.588. The van der Waals surface area contributed by atoms with Gasteiger partial charge in [0.1, 0.15) is 0 Å². The van der Waals surface area contributed by atoms with Gasteiger partial charge in [0.05, 0.1) is 17.2 Å². The van der Waals surface area contributed by atoms with E-state index in [0.29, 0.717) is 11.7 Å². The van der Waals surface area contributed by atoms with Crippen molar-refractivity contribution < 1.29 is 17.9 Å². The van der Waals surface area contributed by atoms with Crippen LogP contribution in [-0.2, 0) is 10.9 Å². The van der Waals surface area contributed by atoms with Crippen LogP contribution in [0.4, 0.5) is 18.9 Å². The van der Waals surface area contributed by atoms with E-state index in [9.17, 15) is 13.2 Å². The van der Waals surface area contributed by atoms with Gasteiger partial charge in [0.15, 0.2) is 0 Å². The van der Waals surface area contributed by atoms with Gasteiger partial charge in [-0.2, -0.15) is 18.4 Å². The van der Waals surface area contributed by atoms with Gasteiger partial charge in [-0.25, -0.2) is 0 Å². The average Bonchev–Trinajstić information content (AvgIpc) is 2.61. The van der Waals surface area contributed by atoms with Crippen LogP contribution in [-0.4, -0.2) is 50.3 Å². The third-order valence-electron chi connectivity index (χ3n) is 4.82. The van der Waals surface area contributed by atoms with E-state index in [1.165, 1.54) is 12.1 Å². The zero-order valence-corrected chi connectivity index (χ0v) is 13.4. The SMILES string of the molecule is N#Cc1cc(N2CCN(C3CCOCC3)CC2)ccc1C(F)(F)F. The van der Waals surface area contributed by atoms with Gasteiger partial charge in [0.25, 0.3) is 0 Å². The predicted molar refractivity (Wildman–Crippen MR) is 83.8 cm³/mol. The molecular formula is C17H20F3N3O. The van der Waals surface area contributed by atoms with Crippen molar-refractivity contribution in [2.75, 3.05) is 44.3 Å². The Bertz CT molecular complexity index is 612. The van der Waals surface area contributed by atoms with Crippen molar-refractivity contribution in [3.63, 3.8) is 0 Å². The molecule has 0 aliphatic carbocycles. The van der Waals surface area contributed by atoms with Crippen LogP contribution in [0.2, 0.25) is 0 Å². The summed E-state index contributed by atoms with van der Waals surface area (Å²) in [7, 11) is 0. The van der Waals surface area contributed by atoms with Crippen molar-refractivity contribution in [1.82, 2.24) is 4.90 Å². The number of benzene rings is 1. The van der Waals surface area contributed by atoms with Crippen LogP contribution in [0.5, 0.6) is 0 Å². The molecule has 130 valence electrons. The molecule has 2 heterocycles. The maximum Gasteiger partial charge on any atom is 0.417 e. The Morgan fingerprint density at radius 1 is 1.08 bits per heavy atom. The van der Waals surface area contributed by atoms with Crippen molar-refractivity contribution >= 4 is 5.69 Å². The molecule has 0 saturated carbocycles. The number of ether oxygens (including phenoxy) is 1. The molecule has 24 heavy (non-hydrogen) atoms. The highest BCUT2D eigenvalue weighted by molar-refractivity contribution is 5.55. The van der Waals surface area contributed by atoms with Gasteiger partial charge in [-0.15, -0.1) is 0 Å². The zero-order chi connectivity index (χ0) is 17.2. The molecule has 0 bridgehead atoms. The molecular weight excluding hydrogens is 319 g/mol. The lowest BCUT2D eigenvalue weighted by Gasteiger charge is -2.41. The molecule has 0 amide bonds. The molecule has 3 rings (SSSR count). The zero-order valence-electron chi connectivity index (χ0n) is 13.4. The third kappa shape index (κ3) is 3.65. The van der Waals surface area contributed by atoms with Gasteiger partial charge in [-0.3, -0.25) is 4.90 Å². The van der Waals surface area contributed by atoms with Crippen molar-refractivity contribution in [3.05, 3.63) is 29.3 Å². The molecule has 2 aliphatic heterocycles. The molecule has 0 N–H and O–H groups in total. The molecule has 1 aromatic carbocycles. The Morgan fingerprint density at radius 3 is 2.33 bits per heavy atom. The Hall–Kier alpha value is -1.78. The van der Waals surface area contributed by atoms with E-state index in [1.807, 2.05) is 0 Å². The lowest BCUT2D eigenvalue weighted by Crippen LogP contribution is -2.51. The molecule has 2 saturated heterocycles. The summed E-state index contributed by atoms with van der Waals surface area (Å²) < 4.78 is 44.0. The number of alkyl halides is 3. The highest BCUT2D eigenvalue weighted by Gasteiger charge is 2.34. The summed E-state index contributed by atoms with van der Waals surface area (Å²) in [4.78, 5) is 4.49. The summed E-state index contributed by atoms with van der Waals surface area (Å²) in [5, 5.41) is 9.03. The van der Waals surface area contributed by atoms with Gasteiger partial charge in [-0.05, 0) is 31.0 Å². The van der Waals surface area contributed by atoms with Gasteiger partial charge in [-0.1, -0.05) is 0 Å². The maximum absolute atomic E-state index is 12.9. The normalized spacial score (nSPS) is 20.8. The number of hydrogen-bond acceptors (Lipinski definition) is 4. The number of rotatable bonds is 2. The molecule has 0 radical (unpaired) electrons. The highest BCUT2D eigenvalue weighted by Crippen LogP contribution is 2.34. The molecule has 0 unspecified atom stereocenters. The molecule has 7 heteroatoms. The van der Waals surface area contributed by atoms with Crippen LogP contribution in [0.25, 0.3) is 0 Å². The second-order valence-electron chi connectivity index (χ2n) is 6.21. The quantitative estimate of drug-likeness (QED) is 0.831. The Kier molecular flexibility index (Phi) is 4.97. The molecule has 0 atom stereocenters. The minimum Gasteiger partial charge on any atom is -0.381 e. The molecule has 0 spiro atoms. The fourth-order valence-electron chi connectivity index (χ4n) is 3.46. The first-order chi connectivity index (χ1) is 11.5. The smallest absolute Gasteiger partial charge is 0.381 e. The largest absolute Gasteiger partial charge is 0.417 e. The lowest BCUT2D eigenvalue weighted by atomic mass is 10.0. The summed E-state index contributed by atoms with van der Waals surface area (Å²) in [5.74, 6) is 0. The predicted octanol–water partition coefficient (Wildman–Crippen LogP) is 2.88. The van der Waals surface area contributed by atoms with Crippen LogP contribution >= 0.6 is 0 Å². The first-order valence-corrected chi connectivity index (χ1v) is 8.17. The number of anilines is 1. The van der Waals surface area contributed by atoms with Gasteiger partial charge < -0.3 is 9.64 Å². The average molecular weight is 339 g/mol. The van der Waals surface area contributed by atoms with E-state index in [4.69, 9.17) is 10.00 Å². The number of piperazine rings is 1. The van der Waals surface area contributed by atoms with E-state index >= 15 is 0 Å². The van der Waals surface area contributed by atoms with Gasteiger partial charge >= 0.3 is 6.18 Å². The first kappa shape index (κ1) is 17.1. The van der Waals surface area contributed by atoms with Crippen molar-refractivity contribution in [3.8, 4) is 6.07 Å². The lowest BCUT2D eigenvalue weighted by molar-refractivity contribution is -0.137. The molecule has 0 aromatic heterocycles. The molecule has 2 fully saturated rings. The summed E-state index contributed by atoms with van der Waals surface area (Å²) in [6, 6.07) is 6.05. The third-order valence-corrected chi connectivity index (χ3v) is 4.82. The summed E-state index contributed by atoms with van der Waals surface area (Å²) >= 11 is 0. The minimum absolute atomic E-state index is 0.313. The van der Waals surface area contributed by atoms with Crippen LogP contribution in [0.15, 0.2) is 18.2 Å². The van der Waals surface area contributed by atoms with E-state index < -0.39 is 11.7 Å². The molecule has 2 aliphatic rings. The Balaban J connectivity index is 1.67. The first-order valence-electron chi connectivity index (χ1n) is 8.17. The number of nitrogens with zero attached hydrogens (tertiary/aromatic N) is 3. The molecule has 4 nitrogen and oxygen atoms in total. The van der Waals surface area contributed by atoms with E-state index in [-0.39, 0.29) is 5.56 Å². The Morgan fingerprint density at radius 2 is 1.75 bits per heavy atom. The monoisotopic (exact) mass is 339 g/mol. The van der Waals surface area contributed by atoms with Crippen LogP contribution in [0.1, 0.15) is 24.0 Å². The van der Waals surface area contributed by atoms with Gasteiger partial charge in [0.2, 0.25) is 0 Å². The van der Waals surface area contributed by atoms with Crippen molar-refractivity contribution in [2.24, 2.45) is 0 Å². The van der Waals surface area contributed by atoms with E-state index in [2.05, 4.69) is 9.80 Å². The van der Waals surface area contributed by atoms with E-state index in [0.717, 1.165) is 58.3 Å². The summed E-state index contributed by atoms with van der Waals surface area (Å²) in [6.45, 7) is 4.88. The van der Waals surface area contributed by atoms with Crippen molar-refractivity contribution in [1.29, 1.82) is 5.26 Å². The van der Waals surface area contributed by atoms with Crippen molar-refractivity contribution in [2.45, 2.75) is 25.1 Å². The second-order valence-corrected chi connectivity index (χ2v) is 6.21. The second kappa shape index (κ2) is 6.99. The number of halogens is 3. The van der Waals surface area contributed by atoms with Crippen LogP contribution in [0.3, 0.4) is 0 Å². The standard InChI is InChI=1S/C17H20F3N3O/c18-17(19,20)16-2-1-15(11-13(16)12-21)23-7-5-22(6-8-23)14-3-9-24-10-4-14/h1-2,11,14H,3-10H2. The number of nitriles is 1. The maximum atomic E-state index is 12.9. The van der Waals surface area contributed by atoms with Crippen LogP contribution < -0.4 is 4.90 Å². The summed E-state index contributed by atoms with van der Waals surface area (Å²) in [6.07, 6.45) is -2.41. The Labute approximate surface area is 139 Å². The minimum atomic E-state index is -4.49. The fourth-order valence-corrected chi connectivity index (χ4v) is 3.46. The highest BCUT2D eigenvalue weighted by atomic mass is 19.4.